The Balaban J connectivity index is 1.26. The molecular formula is C24H29N5O3. The zero-order valence-electron chi connectivity index (χ0n) is 18.6. The van der Waals surface area contributed by atoms with Gasteiger partial charge in [0.15, 0.2) is 0 Å². The van der Waals surface area contributed by atoms with Crippen LogP contribution in [0.15, 0.2) is 53.1 Å². The first kappa shape index (κ1) is 22.0. The molecule has 1 aromatic heterocycles. The molecule has 8 heteroatoms. The second-order valence-electron chi connectivity index (χ2n) is 7.91. The van der Waals surface area contributed by atoms with Crippen LogP contribution in [-0.2, 0) is 11.3 Å². The van der Waals surface area contributed by atoms with Crippen molar-refractivity contribution in [3.63, 3.8) is 0 Å². The standard InChI is InChI=1S/C24H29N5O3/c1-3-31-21-7-5-4-6-20(21)24-26-23(32-27-24)17-29-14-12-28(13-15-29)16-22(30)25-19-10-8-18(2)9-11-19/h4-11H,3,12-17H2,1-2H3,(H,25,30). The average Bonchev–Trinajstić information content (AvgIpc) is 3.25. The molecule has 0 atom stereocenters. The molecule has 1 aliphatic heterocycles. The van der Waals surface area contributed by atoms with Gasteiger partial charge in [-0.3, -0.25) is 14.6 Å². The van der Waals surface area contributed by atoms with Crippen molar-refractivity contribution in [1.82, 2.24) is 19.9 Å². The predicted molar refractivity (Wildman–Crippen MR) is 122 cm³/mol. The van der Waals surface area contributed by atoms with Crippen molar-refractivity contribution in [2.75, 3.05) is 44.6 Å². The van der Waals surface area contributed by atoms with E-state index in [0.717, 1.165) is 43.2 Å². The van der Waals surface area contributed by atoms with E-state index in [1.54, 1.807) is 0 Å². The lowest BCUT2D eigenvalue weighted by Crippen LogP contribution is -2.48. The number of rotatable bonds is 8. The molecule has 1 fully saturated rings. The van der Waals surface area contributed by atoms with Gasteiger partial charge in [0.05, 0.1) is 25.3 Å². The van der Waals surface area contributed by atoms with Gasteiger partial charge in [0.1, 0.15) is 5.75 Å². The van der Waals surface area contributed by atoms with Gasteiger partial charge in [-0.05, 0) is 38.1 Å². The highest BCUT2D eigenvalue weighted by Gasteiger charge is 2.21. The number of nitrogens with zero attached hydrogens (tertiary/aromatic N) is 4. The molecular weight excluding hydrogens is 406 g/mol. The average molecular weight is 436 g/mol. The number of para-hydroxylation sites is 1. The third kappa shape index (κ3) is 5.72. The Morgan fingerprint density at radius 3 is 2.53 bits per heavy atom. The second kappa shape index (κ2) is 10.4. The summed E-state index contributed by atoms with van der Waals surface area (Å²) in [5.74, 6) is 1.88. The fraction of sp³-hybridized carbons (Fsp3) is 0.375. The van der Waals surface area contributed by atoms with Crippen LogP contribution >= 0.6 is 0 Å². The molecule has 0 bridgehead atoms. The van der Waals surface area contributed by atoms with E-state index in [4.69, 9.17) is 9.26 Å². The first-order valence-electron chi connectivity index (χ1n) is 11.0. The van der Waals surface area contributed by atoms with Gasteiger partial charge in [-0.1, -0.05) is 35.0 Å². The minimum absolute atomic E-state index is 0.0109. The van der Waals surface area contributed by atoms with Crippen molar-refractivity contribution in [2.45, 2.75) is 20.4 Å². The number of aryl methyl sites for hydroxylation is 1. The minimum atomic E-state index is 0.0109. The van der Waals surface area contributed by atoms with E-state index < -0.39 is 0 Å². The van der Waals surface area contributed by atoms with Gasteiger partial charge in [0.25, 0.3) is 0 Å². The van der Waals surface area contributed by atoms with Gasteiger partial charge in [0, 0.05) is 31.9 Å². The van der Waals surface area contributed by atoms with Gasteiger partial charge in [0.2, 0.25) is 17.6 Å². The Hall–Kier alpha value is -3.23. The van der Waals surface area contributed by atoms with Gasteiger partial charge < -0.3 is 14.6 Å². The summed E-state index contributed by atoms with van der Waals surface area (Å²) in [5, 5.41) is 7.10. The maximum Gasteiger partial charge on any atom is 0.241 e. The van der Waals surface area contributed by atoms with Crippen LogP contribution in [0.4, 0.5) is 5.69 Å². The maximum atomic E-state index is 12.3. The molecule has 1 saturated heterocycles. The van der Waals surface area contributed by atoms with Crippen LogP contribution in [0.2, 0.25) is 0 Å². The topological polar surface area (TPSA) is 83.7 Å². The smallest absolute Gasteiger partial charge is 0.241 e. The van der Waals surface area contributed by atoms with Gasteiger partial charge >= 0.3 is 0 Å². The molecule has 4 rings (SSSR count). The zero-order chi connectivity index (χ0) is 22.3. The highest BCUT2D eigenvalue weighted by molar-refractivity contribution is 5.92. The number of piperazine rings is 1. The second-order valence-corrected chi connectivity index (χ2v) is 7.91. The molecule has 8 nitrogen and oxygen atoms in total. The molecule has 0 saturated carbocycles. The Bertz CT molecular complexity index is 1030. The largest absolute Gasteiger partial charge is 0.493 e. The molecule has 2 heterocycles. The molecule has 168 valence electrons. The van der Waals surface area contributed by atoms with Crippen LogP contribution in [0.3, 0.4) is 0 Å². The predicted octanol–water partition coefficient (Wildman–Crippen LogP) is 3.20. The number of benzene rings is 2. The number of nitrogens with one attached hydrogen (secondary N) is 1. The summed E-state index contributed by atoms with van der Waals surface area (Å²) in [6, 6.07) is 15.5. The fourth-order valence-electron chi connectivity index (χ4n) is 3.70. The molecule has 0 unspecified atom stereocenters. The Labute approximate surface area is 188 Å². The number of ether oxygens (including phenoxy) is 1. The maximum absolute atomic E-state index is 12.3. The van der Waals surface area contributed by atoms with E-state index in [1.165, 1.54) is 5.56 Å². The summed E-state index contributed by atoms with van der Waals surface area (Å²) in [5.41, 5.74) is 2.83. The first-order valence-corrected chi connectivity index (χ1v) is 11.0. The summed E-state index contributed by atoms with van der Waals surface area (Å²) in [6.07, 6.45) is 0. The summed E-state index contributed by atoms with van der Waals surface area (Å²) >= 11 is 0. The fourth-order valence-corrected chi connectivity index (χ4v) is 3.70. The number of anilines is 1. The molecule has 1 aliphatic rings. The van der Waals surface area contributed by atoms with Gasteiger partial charge in [-0.15, -0.1) is 0 Å². The molecule has 3 aromatic rings. The van der Waals surface area contributed by atoms with Crippen LogP contribution in [0.5, 0.6) is 5.75 Å². The van der Waals surface area contributed by atoms with E-state index in [0.29, 0.717) is 31.4 Å². The molecule has 0 spiro atoms. The molecule has 32 heavy (non-hydrogen) atoms. The van der Waals surface area contributed by atoms with Crippen LogP contribution in [-0.4, -0.2) is 65.2 Å². The minimum Gasteiger partial charge on any atom is -0.493 e. The van der Waals surface area contributed by atoms with Gasteiger partial charge in [-0.2, -0.15) is 4.98 Å². The summed E-state index contributed by atoms with van der Waals surface area (Å²) in [6.45, 7) is 8.84. The van der Waals surface area contributed by atoms with Crippen molar-refractivity contribution in [1.29, 1.82) is 0 Å². The highest BCUT2D eigenvalue weighted by atomic mass is 16.5. The Kier molecular flexibility index (Phi) is 7.14. The van der Waals surface area contributed by atoms with E-state index in [1.807, 2.05) is 62.4 Å². The molecule has 0 radical (unpaired) electrons. The van der Waals surface area contributed by atoms with Crippen molar-refractivity contribution in [3.05, 3.63) is 60.0 Å². The summed E-state index contributed by atoms with van der Waals surface area (Å²) in [7, 11) is 0. The molecule has 1 N–H and O–H groups in total. The van der Waals surface area contributed by atoms with E-state index in [2.05, 4.69) is 25.3 Å². The first-order chi connectivity index (χ1) is 15.6. The van der Waals surface area contributed by atoms with Crippen molar-refractivity contribution in [3.8, 4) is 17.1 Å². The monoisotopic (exact) mass is 435 g/mol. The quantitative estimate of drug-likeness (QED) is 0.582. The van der Waals surface area contributed by atoms with E-state index in [-0.39, 0.29) is 5.91 Å². The summed E-state index contributed by atoms with van der Waals surface area (Å²) in [4.78, 5) is 21.3. The Morgan fingerprint density at radius 1 is 1.06 bits per heavy atom. The third-order valence-corrected chi connectivity index (χ3v) is 5.42. The zero-order valence-corrected chi connectivity index (χ0v) is 18.6. The SMILES string of the molecule is CCOc1ccccc1-c1noc(CN2CCN(CC(=O)Nc3ccc(C)cc3)CC2)n1. The number of hydrogen-bond donors (Lipinski definition) is 1. The lowest BCUT2D eigenvalue weighted by atomic mass is 10.2. The number of carbonyl (C=O) groups is 1. The van der Waals surface area contributed by atoms with Crippen LogP contribution in [0, 0.1) is 6.92 Å². The van der Waals surface area contributed by atoms with E-state index in [9.17, 15) is 4.79 Å². The molecule has 1 amide bonds. The number of hydrogen-bond acceptors (Lipinski definition) is 7. The number of amides is 1. The van der Waals surface area contributed by atoms with Crippen LogP contribution < -0.4 is 10.1 Å². The van der Waals surface area contributed by atoms with Crippen LogP contribution in [0.25, 0.3) is 11.4 Å². The van der Waals surface area contributed by atoms with Crippen molar-refractivity contribution < 1.29 is 14.1 Å². The van der Waals surface area contributed by atoms with Crippen LogP contribution in [0.1, 0.15) is 18.4 Å². The third-order valence-electron chi connectivity index (χ3n) is 5.42. The normalized spacial score (nSPS) is 14.9. The van der Waals surface area contributed by atoms with Crippen molar-refractivity contribution >= 4 is 11.6 Å². The molecule has 0 aliphatic carbocycles. The lowest BCUT2D eigenvalue weighted by Gasteiger charge is -2.33. The summed E-state index contributed by atoms with van der Waals surface area (Å²) < 4.78 is 11.2. The lowest BCUT2D eigenvalue weighted by molar-refractivity contribution is -0.117. The van der Waals surface area contributed by atoms with Crippen molar-refractivity contribution in [2.24, 2.45) is 0 Å². The Morgan fingerprint density at radius 2 is 1.78 bits per heavy atom. The van der Waals surface area contributed by atoms with E-state index >= 15 is 0 Å². The number of carbonyl (C=O) groups excluding carboxylic acids is 1. The number of aromatic nitrogens is 2. The molecule has 2 aromatic carbocycles. The van der Waals surface area contributed by atoms with Gasteiger partial charge in [-0.25, -0.2) is 0 Å². The highest BCUT2D eigenvalue weighted by Crippen LogP contribution is 2.27.